The molecule has 0 aliphatic carbocycles. The van der Waals surface area contributed by atoms with E-state index >= 15 is 0 Å². The van der Waals surface area contributed by atoms with Gasteiger partial charge in [0.1, 0.15) is 0 Å². The largest absolute Gasteiger partial charge is 0.479 e. The Kier molecular flexibility index (Phi) is 4.39. The highest BCUT2D eigenvalue weighted by molar-refractivity contribution is 9.09. The topological polar surface area (TPSA) is 46.5 Å². The summed E-state index contributed by atoms with van der Waals surface area (Å²) in [5.41, 5.74) is -1.13. The van der Waals surface area contributed by atoms with E-state index in [2.05, 4.69) is 15.9 Å². The Balaban J connectivity index is 4.22. The first-order valence-electron chi connectivity index (χ1n) is 4.14. The fourth-order valence-corrected chi connectivity index (χ4v) is 0.935. The molecule has 4 heteroatoms. The third-order valence-corrected chi connectivity index (χ3v) is 2.60. The third kappa shape index (κ3) is 4.62. The van der Waals surface area contributed by atoms with Crippen molar-refractivity contribution in [2.24, 2.45) is 5.41 Å². The highest BCUT2D eigenvalue weighted by atomic mass is 79.9. The van der Waals surface area contributed by atoms with Crippen molar-refractivity contribution in [1.82, 2.24) is 0 Å². The van der Waals surface area contributed by atoms with E-state index in [0.29, 0.717) is 11.9 Å². The van der Waals surface area contributed by atoms with Crippen LogP contribution in [0.3, 0.4) is 0 Å². The SMILES string of the molecule is CC(C)(C)COC(C)(CBr)C(=O)O. The van der Waals surface area contributed by atoms with Gasteiger partial charge in [-0.1, -0.05) is 36.7 Å². The van der Waals surface area contributed by atoms with Gasteiger partial charge in [-0.25, -0.2) is 4.79 Å². The smallest absolute Gasteiger partial charge is 0.336 e. The van der Waals surface area contributed by atoms with Crippen LogP contribution in [-0.4, -0.2) is 28.6 Å². The van der Waals surface area contributed by atoms with Crippen molar-refractivity contribution < 1.29 is 14.6 Å². The standard InChI is InChI=1S/C9H17BrO3/c1-8(2,3)6-13-9(4,5-10)7(11)12/h5-6H2,1-4H3,(H,11,12). The number of alkyl halides is 1. The molecule has 0 bridgehead atoms. The minimum Gasteiger partial charge on any atom is -0.479 e. The summed E-state index contributed by atoms with van der Waals surface area (Å²) in [4.78, 5) is 10.8. The van der Waals surface area contributed by atoms with Gasteiger partial charge in [-0.3, -0.25) is 0 Å². The summed E-state index contributed by atoms with van der Waals surface area (Å²) in [6.45, 7) is 8.01. The van der Waals surface area contributed by atoms with Gasteiger partial charge in [0.2, 0.25) is 0 Å². The molecule has 0 saturated heterocycles. The number of carboxylic acids is 1. The van der Waals surface area contributed by atoms with Crippen molar-refractivity contribution >= 4 is 21.9 Å². The molecule has 0 radical (unpaired) electrons. The van der Waals surface area contributed by atoms with E-state index in [9.17, 15) is 4.79 Å². The van der Waals surface area contributed by atoms with Gasteiger partial charge < -0.3 is 9.84 Å². The first-order valence-corrected chi connectivity index (χ1v) is 5.27. The molecule has 1 N–H and O–H groups in total. The van der Waals surface area contributed by atoms with Gasteiger partial charge in [-0.2, -0.15) is 0 Å². The Hall–Kier alpha value is -0.0900. The lowest BCUT2D eigenvalue weighted by atomic mass is 9.98. The van der Waals surface area contributed by atoms with Gasteiger partial charge in [-0.05, 0) is 12.3 Å². The van der Waals surface area contributed by atoms with Crippen molar-refractivity contribution in [2.75, 3.05) is 11.9 Å². The number of rotatable bonds is 4. The molecular weight excluding hydrogens is 236 g/mol. The normalized spacial score (nSPS) is 16.7. The molecule has 0 aromatic heterocycles. The van der Waals surface area contributed by atoms with Crippen LogP contribution in [0.15, 0.2) is 0 Å². The van der Waals surface area contributed by atoms with Crippen molar-refractivity contribution in [3.8, 4) is 0 Å². The molecule has 3 nitrogen and oxygen atoms in total. The zero-order valence-corrected chi connectivity index (χ0v) is 10.1. The molecule has 0 aromatic rings. The van der Waals surface area contributed by atoms with Crippen molar-refractivity contribution in [3.05, 3.63) is 0 Å². The number of halogens is 1. The Bertz CT molecular complexity index is 186. The number of carboxylic acid groups (broad SMARTS) is 1. The Morgan fingerprint density at radius 3 is 2.08 bits per heavy atom. The lowest BCUT2D eigenvalue weighted by Crippen LogP contribution is -2.42. The molecule has 0 saturated carbocycles. The summed E-state index contributed by atoms with van der Waals surface area (Å²) in [5, 5.41) is 9.17. The van der Waals surface area contributed by atoms with Gasteiger partial charge in [0, 0.05) is 5.33 Å². The van der Waals surface area contributed by atoms with Gasteiger partial charge >= 0.3 is 5.97 Å². The molecule has 78 valence electrons. The number of hydrogen-bond acceptors (Lipinski definition) is 2. The van der Waals surface area contributed by atoms with Crippen molar-refractivity contribution in [1.29, 1.82) is 0 Å². The van der Waals surface area contributed by atoms with Crippen molar-refractivity contribution in [2.45, 2.75) is 33.3 Å². The Morgan fingerprint density at radius 2 is 1.85 bits per heavy atom. The fourth-order valence-electron chi connectivity index (χ4n) is 0.533. The van der Waals surface area contributed by atoms with Crippen LogP contribution in [-0.2, 0) is 9.53 Å². The first kappa shape index (κ1) is 12.9. The van der Waals surface area contributed by atoms with Crippen LogP contribution in [0.1, 0.15) is 27.7 Å². The van der Waals surface area contributed by atoms with Crippen LogP contribution in [0, 0.1) is 5.41 Å². The molecule has 0 fully saturated rings. The van der Waals surface area contributed by atoms with E-state index in [-0.39, 0.29) is 5.41 Å². The summed E-state index contributed by atoms with van der Waals surface area (Å²) in [5.74, 6) is -0.936. The molecule has 0 amide bonds. The fraction of sp³-hybridized carbons (Fsp3) is 0.889. The predicted octanol–water partition coefficient (Wildman–Crippen LogP) is 2.29. The maximum absolute atomic E-state index is 10.8. The van der Waals surface area contributed by atoms with E-state index < -0.39 is 11.6 Å². The summed E-state index contributed by atoms with van der Waals surface area (Å²) < 4.78 is 5.36. The molecule has 0 aliphatic heterocycles. The quantitative estimate of drug-likeness (QED) is 0.782. The lowest BCUT2D eigenvalue weighted by Gasteiger charge is -2.27. The summed E-state index contributed by atoms with van der Waals surface area (Å²) in [6, 6.07) is 0. The van der Waals surface area contributed by atoms with E-state index in [1.165, 1.54) is 0 Å². The van der Waals surface area contributed by atoms with E-state index in [0.717, 1.165) is 0 Å². The average Bonchev–Trinajstić information content (AvgIpc) is 1.98. The second-order valence-corrected chi connectivity index (χ2v) is 5.08. The number of carbonyl (C=O) groups is 1. The highest BCUT2D eigenvalue weighted by Gasteiger charge is 2.34. The van der Waals surface area contributed by atoms with Crippen LogP contribution >= 0.6 is 15.9 Å². The van der Waals surface area contributed by atoms with Crippen LogP contribution in [0.4, 0.5) is 0 Å². The second-order valence-electron chi connectivity index (χ2n) is 4.52. The minimum absolute atomic E-state index is 0.0150. The van der Waals surface area contributed by atoms with E-state index in [1.807, 2.05) is 20.8 Å². The molecule has 0 heterocycles. The maximum atomic E-state index is 10.8. The first-order chi connectivity index (χ1) is 5.71. The Labute approximate surface area is 87.6 Å². The zero-order valence-electron chi connectivity index (χ0n) is 8.56. The highest BCUT2D eigenvalue weighted by Crippen LogP contribution is 2.20. The summed E-state index contributed by atoms with van der Waals surface area (Å²) in [6.07, 6.45) is 0. The molecular formula is C9H17BrO3. The molecule has 1 atom stereocenters. The summed E-state index contributed by atoms with van der Waals surface area (Å²) in [7, 11) is 0. The third-order valence-electron chi connectivity index (χ3n) is 1.53. The van der Waals surface area contributed by atoms with E-state index in [1.54, 1.807) is 6.92 Å². The van der Waals surface area contributed by atoms with Crippen LogP contribution in [0.2, 0.25) is 0 Å². The average molecular weight is 253 g/mol. The van der Waals surface area contributed by atoms with Crippen LogP contribution in [0.5, 0.6) is 0 Å². The molecule has 0 aliphatic rings. The zero-order chi connectivity index (χ0) is 10.7. The van der Waals surface area contributed by atoms with Crippen LogP contribution < -0.4 is 0 Å². The molecule has 0 rings (SSSR count). The molecule has 13 heavy (non-hydrogen) atoms. The predicted molar refractivity (Wildman–Crippen MR) is 55.2 cm³/mol. The van der Waals surface area contributed by atoms with Gasteiger partial charge in [0.05, 0.1) is 6.61 Å². The van der Waals surface area contributed by atoms with Crippen LogP contribution in [0.25, 0.3) is 0 Å². The number of ether oxygens (including phenoxy) is 1. The van der Waals surface area contributed by atoms with Gasteiger partial charge in [0.25, 0.3) is 0 Å². The Morgan fingerprint density at radius 1 is 1.38 bits per heavy atom. The minimum atomic E-state index is -1.12. The monoisotopic (exact) mass is 252 g/mol. The second kappa shape index (κ2) is 4.42. The molecule has 1 unspecified atom stereocenters. The van der Waals surface area contributed by atoms with Crippen molar-refractivity contribution in [3.63, 3.8) is 0 Å². The molecule has 0 spiro atoms. The number of aliphatic carboxylic acids is 1. The maximum Gasteiger partial charge on any atom is 0.336 e. The lowest BCUT2D eigenvalue weighted by molar-refractivity contribution is -0.163. The van der Waals surface area contributed by atoms with E-state index in [4.69, 9.17) is 9.84 Å². The summed E-state index contributed by atoms with van der Waals surface area (Å²) >= 11 is 3.13. The van der Waals surface area contributed by atoms with Gasteiger partial charge in [0.15, 0.2) is 5.60 Å². The number of hydrogen-bond donors (Lipinski definition) is 1. The molecule has 0 aromatic carbocycles. The van der Waals surface area contributed by atoms with Gasteiger partial charge in [-0.15, -0.1) is 0 Å².